The summed E-state index contributed by atoms with van der Waals surface area (Å²) >= 11 is 0. The van der Waals surface area contributed by atoms with Crippen molar-refractivity contribution in [1.29, 1.82) is 0 Å². The smallest absolute Gasteiger partial charge is 0.198 e. The summed E-state index contributed by atoms with van der Waals surface area (Å²) in [6.07, 6.45) is 3.39. The molecule has 5 heteroatoms. The number of rotatable bonds is 3. The van der Waals surface area contributed by atoms with Crippen LogP contribution in [0, 0.1) is 0 Å². The second-order valence-electron chi connectivity index (χ2n) is 8.23. The van der Waals surface area contributed by atoms with Crippen molar-refractivity contribution in [1.82, 2.24) is 24.1 Å². The van der Waals surface area contributed by atoms with Crippen LogP contribution in [0.5, 0.6) is 0 Å². The third-order valence-electron chi connectivity index (χ3n) is 6.27. The average Bonchev–Trinajstić information content (AvgIpc) is 3.46. The fourth-order valence-corrected chi connectivity index (χ4v) is 4.79. The molecule has 3 aromatic heterocycles. The number of benzene rings is 4. The van der Waals surface area contributed by atoms with E-state index in [1.54, 1.807) is 12.4 Å². The Morgan fingerprint density at radius 3 is 1.79 bits per heavy atom. The van der Waals surface area contributed by atoms with Crippen molar-refractivity contribution in [2.45, 2.75) is 0 Å². The molecule has 0 amide bonds. The van der Waals surface area contributed by atoms with Gasteiger partial charge in [-0.2, -0.15) is 0 Å². The molecule has 34 heavy (non-hydrogen) atoms. The van der Waals surface area contributed by atoms with Crippen molar-refractivity contribution >= 4 is 33.1 Å². The minimum Gasteiger partial charge on any atom is -0.309 e. The van der Waals surface area contributed by atoms with E-state index in [9.17, 15) is 0 Å². The Labute approximate surface area is 195 Å². The molecule has 5 nitrogen and oxygen atoms in total. The lowest BCUT2D eigenvalue weighted by atomic mass is 10.1. The van der Waals surface area contributed by atoms with Gasteiger partial charge in [-0.3, -0.25) is 4.57 Å². The van der Waals surface area contributed by atoms with Crippen LogP contribution in [0.25, 0.3) is 55.9 Å². The number of aromatic nitrogens is 5. The van der Waals surface area contributed by atoms with Gasteiger partial charge in [0.15, 0.2) is 11.3 Å². The Morgan fingerprint density at radius 2 is 1.09 bits per heavy atom. The van der Waals surface area contributed by atoms with E-state index in [4.69, 9.17) is 4.98 Å². The Balaban J connectivity index is 1.42. The highest BCUT2D eigenvalue weighted by atomic mass is 15.2. The lowest BCUT2D eigenvalue weighted by molar-refractivity contribution is 1.07. The van der Waals surface area contributed by atoms with Gasteiger partial charge in [-0.1, -0.05) is 54.6 Å². The van der Waals surface area contributed by atoms with Crippen LogP contribution in [0.3, 0.4) is 0 Å². The van der Waals surface area contributed by atoms with Crippen LogP contribution < -0.4 is 0 Å². The van der Waals surface area contributed by atoms with Crippen LogP contribution in [0.2, 0.25) is 0 Å². The topological polar surface area (TPSA) is 48.5 Å². The Bertz CT molecular complexity index is 1740. The van der Waals surface area contributed by atoms with Gasteiger partial charge in [0.05, 0.1) is 11.0 Å². The molecule has 0 radical (unpaired) electrons. The molecule has 0 saturated carbocycles. The summed E-state index contributed by atoms with van der Waals surface area (Å²) < 4.78 is 4.38. The first-order valence-electron chi connectivity index (χ1n) is 11.2. The SMILES string of the molecule is c1ccc(-n2c(-c3ccc(-n4c5ccccc5c5ccccc54)cc3)nc3nccnc32)cc1. The van der Waals surface area contributed by atoms with Gasteiger partial charge < -0.3 is 4.57 Å². The molecule has 0 bridgehead atoms. The number of fused-ring (bicyclic) bond motifs is 4. The molecule has 0 N–H and O–H groups in total. The summed E-state index contributed by atoms with van der Waals surface area (Å²) in [5, 5.41) is 2.51. The maximum atomic E-state index is 4.83. The van der Waals surface area contributed by atoms with Gasteiger partial charge >= 0.3 is 0 Å². The molecular formula is C29H19N5. The third kappa shape index (κ3) is 2.77. The minimum atomic E-state index is 0.632. The fraction of sp³-hybridized carbons (Fsp3) is 0. The zero-order valence-electron chi connectivity index (χ0n) is 18.2. The molecular weight excluding hydrogens is 418 g/mol. The van der Waals surface area contributed by atoms with Gasteiger partial charge in [-0.15, -0.1) is 0 Å². The number of nitrogens with zero attached hydrogens (tertiary/aromatic N) is 5. The van der Waals surface area contributed by atoms with Crippen molar-refractivity contribution in [2.24, 2.45) is 0 Å². The summed E-state index contributed by atoms with van der Waals surface area (Å²) in [4.78, 5) is 13.8. The molecule has 0 unspecified atom stereocenters. The van der Waals surface area contributed by atoms with Crippen molar-refractivity contribution in [3.05, 3.63) is 116 Å². The van der Waals surface area contributed by atoms with Crippen molar-refractivity contribution in [3.63, 3.8) is 0 Å². The molecule has 7 aromatic rings. The molecule has 7 rings (SSSR count). The van der Waals surface area contributed by atoms with E-state index >= 15 is 0 Å². The normalized spacial score (nSPS) is 11.5. The van der Waals surface area contributed by atoms with Crippen LogP contribution in [-0.4, -0.2) is 24.1 Å². The van der Waals surface area contributed by atoms with Gasteiger partial charge in [0.25, 0.3) is 0 Å². The van der Waals surface area contributed by atoms with E-state index in [0.717, 1.165) is 28.4 Å². The Hall–Kier alpha value is -4.77. The average molecular weight is 438 g/mol. The molecule has 4 aromatic carbocycles. The van der Waals surface area contributed by atoms with Crippen LogP contribution in [-0.2, 0) is 0 Å². The van der Waals surface area contributed by atoms with Crippen LogP contribution in [0.4, 0.5) is 0 Å². The van der Waals surface area contributed by atoms with Crippen molar-refractivity contribution in [2.75, 3.05) is 0 Å². The van der Waals surface area contributed by atoms with Gasteiger partial charge in [0.1, 0.15) is 5.82 Å². The molecule has 160 valence electrons. The van der Waals surface area contributed by atoms with Crippen molar-refractivity contribution in [3.8, 4) is 22.8 Å². The van der Waals surface area contributed by atoms with Gasteiger partial charge in [0.2, 0.25) is 0 Å². The lowest BCUT2D eigenvalue weighted by Crippen LogP contribution is -1.99. The third-order valence-corrected chi connectivity index (χ3v) is 6.27. The van der Waals surface area contributed by atoms with E-state index in [-0.39, 0.29) is 0 Å². The van der Waals surface area contributed by atoms with Gasteiger partial charge in [0, 0.05) is 40.1 Å². The number of imidazole rings is 1. The molecule has 0 aliphatic rings. The maximum Gasteiger partial charge on any atom is 0.198 e. The van der Waals surface area contributed by atoms with E-state index in [1.807, 2.05) is 18.2 Å². The summed E-state index contributed by atoms with van der Waals surface area (Å²) in [5.74, 6) is 0.821. The minimum absolute atomic E-state index is 0.632. The highest BCUT2D eigenvalue weighted by Crippen LogP contribution is 2.33. The number of para-hydroxylation sites is 3. The standard InChI is InChI=1S/C29H19N5/c1-2-8-21(9-3-1)34-28(32-27-29(34)31-19-18-30-27)20-14-16-22(17-15-20)33-25-12-6-4-10-23(25)24-11-5-7-13-26(24)33/h1-19H. The van der Waals surface area contributed by atoms with Gasteiger partial charge in [-0.05, 0) is 48.5 Å². The zero-order valence-corrected chi connectivity index (χ0v) is 18.2. The molecule has 0 atom stereocenters. The summed E-state index contributed by atoms with van der Waals surface area (Å²) in [6, 6.07) is 35.8. The highest BCUT2D eigenvalue weighted by Gasteiger charge is 2.17. The highest BCUT2D eigenvalue weighted by molar-refractivity contribution is 6.09. The quantitative estimate of drug-likeness (QED) is 0.314. The Morgan fingerprint density at radius 1 is 0.500 bits per heavy atom. The van der Waals surface area contributed by atoms with Gasteiger partial charge in [-0.25, -0.2) is 15.0 Å². The zero-order chi connectivity index (χ0) is 22.5. The predicted octanol–water partition coefficient (Wildman–Crippen LogP) is 6.58. The number of hydrogen-bond donors (Lipinski definition) is 0. The second kappa shape index (κ2) is 7.39. The first-order chi connectivity index (χ1) is 16.9. The van der Waals surface area contributed by atoms with E-state index in [1.165, 1.54) is 21.8 Å². The second-order valence-corrected chi connectivity index (χ2v) is 8.23. The van der Waals surface area contributed by atoms with E-state index < -0.39 is 0 Å². The summed E-state index contributed by atoms with van der Waals surface area (Å²) in [7, 11) is 0. The van der Waals surface area contributed by atoms with Crippen LogP contribution in [0.1, 0.15) is 0 Å². The molecule has 0 saturated heterocycles. The molecule has 0 fully saturated rings. The monoisotopic (exact) mass is 437 g/mol. The first-order valence-corrected chi connectivity index (χ1v) is 11.2. The van der Waals surface area contributed by atoms with E-state index in [0.29, 0.717) is 5.65 Å². The Kier molecular flexibility index (Phi) is 4.08. The lowest BCUT2D eigenvalue weighted by Gasteiger charge is -2.11. The maximum absolute atomic E-state index is 4.83. The fourth-order valence-electron chi connectivity index (χ4n) is 4.79. The van der Waals surface area contributed by atoms with Crippen LogP contribution in [0.15, 0.2) is 116 Å². The molecule has 0 aliphatic carbocycles. The molecule has 0 aliphatic heterocycles. The summed E-state index contributed by atoms with van der Waals surface area (Å²) in [5.41, 5.74) is 6.89. The van der Waals surface area contributed by atoms with Crippen LogP contribution >= 0.6 is 0 Å². The largest absolute Gasteiger partial charge is 0.309 e. The molecule has 3 heterocycles. The summed E-state index contributed by atoms with van der Waals surface area (Å²) in [6.45, 7) is 0. The number of hydrogen-bond acceptors (Lipinski definition) is 3. The predicted molar refractivity (Wildman–Crippen MR) is 136 cm³/mol. The first kappa shape index (κ1) is 18.8. The van der Waals surface area contributed by atoms with E-state index in [2.05, 4.69) is 104 Å². The molecule has 0 spiro atoms. The van der Waals surface area contributed by atoms with Crippen molar-refractivity contribution < 1.29 is 0 Å².